The molecule has 0 radical (unpaired) electrons. The lowest BCUT2D eigenvalue weighted by molar-refractivity contribution is -0.116. The van der Waals surface area contributed by atoms with Crippen LogP contribution in [0.2, 0.25) is 0 Å². The smallest absolute Gasteiger partial charge is 0.244 e. The van der Waals surface area contributed by atoms with Crippen molar-refractivity contribution in [2.75, 3.05) is 26.5 Å². The van der Waals surface area contributed by atoms with Gasteiger partial charge in [0.25, 0.3) is 0 Å². The second-order valence-corrected chi connectivity index (χ2v) is 6.52. The third-order valence-corrected chi connectivity index (χ3v) is 4.57. The molecule has 0 spiro atoms. The van der Waals surface area contributed by atoms with Crippen molar-refractivity contribution in [1.82, 2.24) is 5.32 Å². The van der Waals surface area contributed by atoms with E-state index in [1.54, 1.807) is 50.3 Å². The summed E-state index contributed by atoms with van der Waals surface area (Å²) in [6, 6.07) is 12.1. The maximum Gasteiger partial charge on any atom is 0.244 e. The first-order chi connectivity index (χ1) is 12.6. The molecule has 0 aromatic heterocycles. The molecule has 0 bridgehead atoms. The Morgan fingerprint density at radius 1 is 1.15 bits per heavy atom. The highest BCUT2D eigenvalue weighted by Gasteiger charge is 2.02. The molecule has 0 saturated carbocycles. The molecule has 0 fully saturated rings. The van der Waals surface area contributed by atoms with Gasteiger partial charge in [0.15, 0.2) is 0 Å². The van der Waals surface area contributed by atoms with E-state index >= 15 is 0 Å². The van der Waals surface area contributed by atoms with Gasteiger partial charge in [0.2, 0.25) is 5.91 Å². The van der Waals surface area contributed by atoms with Crippen molar-refractivity contribution in [2.45, 2.75) is 5.75 Å². The lowest BCUT2D eigenvalue weighted by Crippen LogP contribution is -2.23. The number of methoxy groups -OCH3 is 2. The van der Waals surface area contributed by atoms with Crippen LogP contribution in [0, 0.1) is 5.82 Å². The van der Waals surface area contributed by atoms with Crippen LogP contribution in [-0.4, -0.2) is 32.4 Å². The highest BCUT2D eigenvalue weighted by atomic mass is 32.2. The summed E-state index contributed by atoms with van der Waals surface area (Å²) in [6.07, 6.45) is 3.17. The van der Waals surface area contributed by atoms with Gasteiger partial charge in [-0.25, -0.2) is 4.39 Å². The van der Waals surface area contributed by atoms with Crippen molar-refractivity contribution >= 4 is 23.7 Å². The van der Waals surface area contributed by atoms with Crippen LogP contribution < -0.4 is 14.8 Å². The molecule has 0 aliphatic rings. The summed E-state index contributed by atoms with van der Waals surface area (Å²) in [5.41, 5.74) is 1.49. The molecule has 138 valence electrons. The zero-order chi connectivity index (χ0) is 18.8. The van der Waals surface area contributed by atoms with Crippen LogP contribution in [0.15, 0.2) is 48.5 Å². The molecule has 2 aromatic carbocycles. The molecular formula is C20H22FNO3S. The second-order valence-electron chi connectivity index (χ2n) is 5.41. The highest BCUT2D eigenvalue weighted by molar-refractivity contribution is 7.98. The van der Waals surface area contributed by atoms with Crippen molar-refractivity contribution in [3.63, 3.8) is 0 Å². The number of carbonyl (C=O) groups excluding carboxylic acids is 1. The lowest BCUT2D eigenvalue weighted by Gasteiger charge is -2.06. The summed E-state index contributed by atoms with van der Waals surface area (Å²) in [4.78, 5) is 11.9. The molecule has 0 aliphatic heterocycles. The van der Waals surface area contributed by atoms with Crippen LogP contribution in [0.5, 0.6) is 11.5 Å². The quantitative estimate of drug-likeness (QED) is 0.533. The van der Waals surface area contributed by atoms with Crippen LogP contribution in [0.25, 0.3) is 6.08 Å². The van der Waals surface area contributed by atoms with Crippen LogP contribution in [-0.2, 0) is 10.5 Å². The third kappa shape index (κ3) is 6.44. The summed E-state index contributed by atoms with van der Waals surface area (Å²) in [5.74, 6) is 2.24. The largest absolute Gasteiger partial charge is 0.497 e. The SMILES string of the molecule is COc1cc(/C=C/C(=O)NCCSCc2ccccc2F)cc(OC)c1. The third-order valence-electron chi connectivity index (χ3n) is 3.56. The molecule has 0 unspecified atom stereocenters. The van der Waals surface area contributed by atoms with E-state index < -0.39 is 0 Å². The topological polar surface area (TPSA) is 47.6 Å². The fraction of sp³-hybridized carbons (Fsp3) is 0.250. The van der Waals surface area contributed by atoms with Gasteiger partial charge in [-0.3, -0.25) is 4.79 Å². The van der Waals surface area contributed by atoms with E-state index in [1.165, 1.54) is 12.1 Å². The van der Waals surface area contributed by atoms with Crippen molar-refractivity contribution < 1.29 is 18.7 Å². The molecule has 1 amide bonds. The molecule has 2 aromatic rings. The van der Waals surface area contributed by atoms with Crippen molar-refractivity contribution in [3.05, 3.63) is 65.5 Å². The first-order valence-corrected chi connectivity index (χ1v) is 9.28. The maximum absolute atomic E-state index is 13.5. The van der Waals surface area contributed by atoms with E-state index in [-0.39, 0.29) is 11.7 Å². The Labute approximate surface area is 157 Å². The number of thioether (sulfide) groups is 1. The Morgan fingerprint density at radius 3 is 2.50 bits per heavy atom. The predicted molar refractivity (Wildman–Crippen MR) is 104 cm³/mol. The standard InChI is InChI=1S/C20H22FNO3S/c1-24-17-11-15(12-18(13-17)25-2)7-8-20(23)22-9-10-26-14-16-5-3-4-6-19(16)21/h3-8,11-13H,9-10,14H2,1-2H3,(H,22,23)/b8-7+. The van der Waals surface area contributed by atoms with E-state index in [9.17, 15) is 9.18 Å². The van der Waals surface area contributed by atoms with E-state index in [4.69, 9.17) is 9.47 Å². The van der Waals surface area contributed by atoms with Gasteiger partial charge in [-0.1, -0.05) is 18.2 Å². The summed E-state index contributed by atoms with van der Waals surface area (Å²) in [6.45, 7) is 0.518. The Morgan fingerprint density at radius 2 is 1.85 bits per heavy atom. The zero-order valence-corrected chi connectivity index (χ0v) is 15.6. The van der Waals surface area contributed by atoms with E-state index in [2.05, 4.69) is 5.32 Å². The minimum atomic E-state index is -0.194. The lowest BCUT2D eigenvalue weighted by atomic mass is 10.2. The minimum Gasteiger partial charge on any atom is -0.497 e. The number of rotatable bonds is 9. The Balaban J connectivity index is 1.75. The molecule has 4 nitrogen and oxygen atoms in total. The number of ether oxygens (including phenoxy) is 2. The molecule has 26 heavy (non-hydrogen) atoms. The number of nitrogens with one attached hydrogen (secondary N) is 1. The molecule has 0 atom stereocenters. The normalized spacial score (nSPS) is 10.7. The zero-order valence-electron chi connectivity index (χ0n) is 14.8. The van der Waals surface area contributed by atoms with Crippen LogP contribution in [0.3, 0.4) is 0 Å². The van der Waals surface area contributed by atoms with Gasteiger partial charge in [-0.05, 0) is 35.4 Å². The molecule has 2 rings (SSSR count). The second kappa shape index (κ2) is 10.5. The average molecular weight is 375 g/mol. The van der Waals surface area contributed by atoms with E-state index in [0.29, 0.717) is 35.1 Å². The summed E-state index contributed by atoms with van der Waals surface area (Å²) in [5, 5.41) is 2.81. The Hall–Kier alpha value is -2.47. The van der Waals surface area contributed by atoms with E-state index in [0.717, 1.165) is 5.56 Å². The monoisotopic (exact) mass is 375 g/mol. The molecule has 6 heteroatoms. The van der Waals surface area contributed by atoms with Crippen molar-refractivity contribution in [1.29, 1.82) is 0 Å². The number of hydrogen-bond acceptors (Lipinski definition) is 4. The summed E-state index contributed by atoms with van der Waals surface area (Å²) < 4.78 is 23.9. The number of halogens is 1. The van der Waals surface area contributed by atoms with Crippen LogP contribution in [0.4, 0.5) is 4.39 Å². The van der Waals surface area contributed by atoms with Gasteiger partial charge in [0.1, 0.15) is 17.3 Å². The molecular weight excluding hydrogens is 353 g/mol. The van der Waals surface area contributed by atoms with Gasteiger partial charge in [0.05, 0.1) is 14.2 Å². The van der Waals surface area contributed by atoms with Gasteiger partial charge < -0.3 is 14.8 Å². The Bertz CT molecular complexity index is 742. The minimum absolute atomic E-state index is 0.182. The fourth-order valence-corrected chi connectivity index (χ4v) is 3.05. The molecule has 1 N–H and O–H groups in total. The maximum atomic E-state index is 13.5. The van der Waals surface area contributed by atoms with Gasteiger partial charge in [-0.15, -0.1) is 0 Å². The number of hydrogen-bond donors (Lipinski definition) is 1. The number of benzene rings is 2. The predicted octanol–water partition coefficient (Wildman–Crippen LogP) is 3.91. The number of amides is 1. The first-order valence-electron chi connectivity index (χ1n) is 8.12. The van der Waals surface area contributed by atoms with Gasteiger partial charge >= 0.3 is 0 Å². The molecule has 0 saturated heterocycles. The summed E-state index contributed by atoms with van der Waals surface area (Å²) >= 11 is 1.57. The number of carbonyl (C=O) groups is 1. The molecule has 0 aliphatic carbocycles. The van der Waals surface area contributed by atoms with Gasteiger partial charge in [0, 0.05) is 30.2 Å². The van der Waals surface area contributed by atoms with Crippen molar-refractivity contribution in [3.8, 4) is 11.5 Å². The van der Waals surface area contributed by atoms with Crippen LogP contribution >= 0.6 is 11.8 Å². The molecule has 0 heterocycles. The first kappa shape index (κ1) is 19.8. The summed E-state index contributed by atoms with van der Waals surface area (Å²) in [7, 11) is 3.15. The van der Waals surface area contributed by atoms with E-state index in [1.807, 2.05) is 18.2 Å². The van der Waals surface area contributed by atoms with Gasteiger partial charge in [-0.2, -0.15) is 11.8 Å². The van der Waals surface area contributed by atoms with Crippen molar-refractivity contribution in [2.24, 2.45) is 0 Å². The fourth-order valence-electron chi connectivity index (χ4n) is 2.20. The highest BCUT2D eigenvalue weighted by Crippen LogP contribution is 2.23. The Kier molecular flexibility index (Phi) is 8.02. The average Bonchev–Trinajstić information content (AvgIpc) is 2.67. The van der Waals surface area contributed by atoms with Crippen LogP contribution in [0.1, 0.15) is 11.1 Å².